The van der Waals surface area contributed by atoms with E-state index in [4.69, 9.17) is 0 Å². The topological polar surface area (TPSA) is 0 Å². The van der Waals surface area contributed by atoms with Crippen molar-refractivity contribution < 1.29 is 0 Å². The molecule has 2 heteroatoms. The summed E-state index contributed by atoms with van der Waals surface area (Å²) in [5.41, 5.74) is 0. The molecule has 0 saturated heterocycles. The van der Waals surface area contributed by atoms with Gasteiger partial charge in [0.15, 0.2) is 0 Å². The van der Waals surface area contributed by atoms with Crippen LogP contribution >= 0.6 is 22.6 Å². The van der Waals surface area contributed by atoms with E-state index in [2.05, 4.69) is 37.5 Å². The quantitative estimate of drug-likeness (QED) is 0.488. The Hall–Kier alpha value is 0.989. The van der Waals surface area contributed by atoms with E-state index in [-0.39, 0.29) is 0 Å². The average Bonchev–Trinajstić information content (AvgIpc) is 1.41. The van der Waals surface area contributed by atoms with E-state index in [1.807, 2.05) is 0 Å². The molecular formula is C3H5ISe. The van der Waals surface area contributed by atoms with Crippen LogP contribution in [0.25, 0.3) is 0 Å². The van der Waals surface area contributed by atoms with Gasteiger partial charge in [0, 0.05) is 0 Å². The van der Waals surface area contributed by atoms with Crippen LogP contribution in [0.4, 0.5) is 0 Å². The van der Waals surface area contributed by atoms with Gasteiger partial charge in [-0.25, -0.2) is 0 Å². The van der Waals surface area contributed by atoms with Gasteiger partial charge in [-0.15, -0.1) is 0 Å². The summed E-state index contributed by atoms with van der Waals surface area (Å²) in [5, 5.41) is 0. The molecule has 5 heavy (non-hydrogen) atoms. The fourth-order valence-electron chi connectivity index (χ4n) is 0.0514. The summed E-state index contributed by atoms with van der Waals surface area (Å²) in [6, 6.07) is 0. The van der Waals surface area contributed by atoms with Gasteiger partial charge in [-0.1, -0.05) is 0 Å². The second kappa shape index (κ2) is 4.99. The first-order valence-corrected chi connectivity index (χ1v) is 5.14. The first-order chi connectivity index (χ1) is 2.41. The summed E-state index contributed by atoms with van der Waals surface area (Å²) in [5.74, 6) is 2.18. The van der Waals surface area contributed by atoms with Gasteiger partial charge in [0.1, 0.15) is 0 Å². The predicted molar refractivity (Wildman–Crippen MR) is 34.8 cm³/mol. The number of hydrogen-bond donors (Lipinski definition) is 0. The Labute approximate surface area is 52.3 Å². The molecule has 0 aromatic rings. The van der Waals surface area contributed by atoms with Crippen molar-refractivity contribution in [3.05, 3.63) is 9.06 Å². The van der Waals surface area contributed by atoms with Gasteiger partial charge in [0.2, 0.25) is 0 Å². The summed E-state index contributed by atoms with van der Waals surface area (Å²) in [6.07, 6.45) is 0. The molecule has 0 spiro atoms. The molecule has 0 nitrogen and oxygen atoms in total. The third-order valence-electron chi connectivity index (χ3n) is 0.188. The van der Waals surface area contributed by atoms with Crippen LogP contribution in [0.3, 0.4) is 0 Å². The molecule has 0 aromatic heterocycles. The molecule has 30 valence electrons. The summed E-state index contributed by atoms with van der Waals surface area (Å²) >= 11 is 2.96. The second-order valence-corrected chi connectivity index (χ2v) is 2.78. The van der Waals surface area contributed by atoms with Crippen LogP contribution in [-0.4, -0.2) is 15.0 Å². The van der Waals surface area contributed by atoms with Crippen molar-refractivity contribution in [2.45, 2.75) is 5.82 Å². The van der Waals surface area contributed by atoms with E-state index in [1.54, 1.807) is 0 Å². The first-order valence-electron chi connectivity index (χ1n) is 1.20. The zero-order valence-corrected chi connectivity index (χ0v) is 6.81. The molecule has 0 aliphatic carbocycles. The molecule has 0 aromatic carbocycles. The summed E-state index contributed by atoms with van der Waals surface area (Å²) in [4.78, 5) is 2.17. The third-order valence-corrected chi connectivity index (χ3v) is 2.50. The van der Waals surface area contributed by atoms with Crippen molar-refractivity contribution in [3.8, 4) is 0 Å². The SMILES string of the molecule is C[Se]/C=C/I. The molecule has 0 rings (SSSR count). The first kappa shape index (κ1) is 5.99. The molecular weight excluding hydrogens is 242 g/mol. The number of rotatable bonds is 1. The van der Waals surface area contributed by atoms with Gasteiger partial charge < -0.3 is 0 Å². The van der Waals surface area contributed by atoms with Gasteiger partial charge in [0.25, 0.3) is 0 Å². The number of halogens is 1. The van der Waals surface area contributed by atoms with Gasteiger partial charge in [-0.05, 0) is 0 Å². The molecule has 0 fully saturated rings. The van der Waals surface area contributed by atoms with Crippen LogP contribution < -0.4 is 0 Å². The number of hydrogen-bond acceptors (Lipinski definition) is 0. The molecule has 0 bridgehead atoms. The Kier molecular flexibility index (Phi) is 5.98. The van der Waals surface area contributed by atoms with Crippen LogP contribution in [0.15, 0.2) is 9.06 Å². The monoisotopic (exact) mass is 248 g/mol. The molecule has 0 aliphatic heterocycles. The average molecular weight is 247 g/mol. The van der Waals surface area contributed by atoms with E-state index >= 15 is 0 Å². The fourth-order valence-corrected chi connectivity index (χ4v) is 1.79. The zero-order chi connectivity index (χ0) is 4.12. The van der Waals surface area contributed by atoms with E-state index in [1.165, 1.54) is 0 Å². The Bertz CT molecular complexity index is 33.9. The maximum atomic E-state index is 2.22. The third kappa shape index (κ3) is 4.99. The summed E-state index contributed by atoms with van der Waals surface area (Å²) in [7, 11) is 0. The summed E-state index contributed by atoms with van der Waals surface area (Å²) in [6.45, 7) is 0. The van der Waals surface area contributed by atoms with Crippen molar-refractivity contribution in [1.82, 2.24) is 0 Å². The van der Waals surface area contributed by atoms with E-state index in [0.29, 0.717) is 0 Å². The second-order valence-electron chi connectivity index (χ2n) is 0.498. The van der Waals surface area contributed by atoms with Crippen LogP contribution in [0.1, 0.15) is 0 Å². The normalized spacial score (nSPS) is 10.0. The molecule has 0 unspecified atom stereocenters. The van der Waals surface area contributed by atoms with Crippen molar-refractivity contribution in [2.75, 3.05) is 0 Å². The molecule has 0 amide bonds. The molecule has 0 heterocycles. The van der Waals surface area contributed by atoms with Crippen molar-refractivity contribution in [1.29, 1.82) is 0 Å². The van der Waals surface area contributed by atoms with Crippen LogP contribution in [-0.2, 0) is 0 Å². The van der Waals surface area contributed by atoms with Crippen molar-refractivity contribution in [3.63, 3.8) is 0 Å². The van der Waals surface area contributed by atoms with Crippen molar-refractivity contribution in [2.24, 2.45) is 0 Å². The van der Waals surface area contributed by atoms with Gasteiger partial charge in [0.05, 0.1) is 0 Å². The van der Waals surface area contributed by atoms with Crippen LogP contribution in [0, 0.1) is 0 Å². The van der Waals surface area contributed by atoms with E-state index < -0.39 is 0 Å². The Balaban J connectivity index is 2.62. The molecule has 0 N–H and O–H groups in total. The van der Waals surface area contributed by atoms with Gasteiger partial charge >= 0.3 is 52.4 Å². The van der Waals surface area contributed by atoms with E-state index in [0.717, 1.165) is 15.0 Å². The van der Waals surface area contributed by atoms with Crippen molar-refractivity contribution >= 4 is 37.5 Å². The summed E-state index contributed by atoms with van der Waals surface area (Å²) < 4.78 is 2.05. The maximum absolute atomic E-state index is 2.22. The predicted octanol–water partition coefficient (Wildman–Crippen LogP) is 1.64. The Morgan fingerprint density at radius 2 is 2.40 bits per heavy atom. The minimum absolute atomic E-state index is 0.737. The molecule has 0 radical (unpaired) electrons. The van der Waals surface area contributed by atoms with Gasteiger partial charge in [-0.2, -0.15) is 0 Å². The fraction of sp³-hybridized carbons (Fsp3) is 0.333. The van der Waals surface area contributed by atoms with Crippen LogP contribution in [0.2, 0.25) is 5.82 Å². The zero-order valence-electron chi connectivity index (χ0n) is 2.94. The molecule has 0 atom stereocenters. The molecule has 0 saturated carbocycles. The molecule has 0 aliphatic rings. The standard InChI is InChI=1S/C3H5ISe/c1-5-3-2-4/h2-3H,1H3/b3-2+. The van der Waals surface area contributed by atoms with Crippen LogP contribution in [0.5, 0.6) is 0 Å². The Morgan fingerprint density at radius 3 is 2.40 bits per heavy atom. The van der Waals surface area contributed by atoms with E-state index in [9.17, 15) is 0 Å². The minimum atomic E-state index is 0.737. The Morgan fingerprint density at radius 1 is 1.80 bits per heavy atom. The van der Waals surface area contributed by atoms with Gasteiger partial charge in [-0.3, -0.25) is 0 Å².